The molecule has 0 spiro atoms. The van der Waals surface area contributed by atoms with E-state index in [1.807, 2.05) is 24.3 Å². The zero-order valence-corrected chi connectivity index (χ0v) is 17.0. The van der Waals surface area contributed by atoms with Gasteiger partial charge in [-0.25, -0.2) is 0 Å². The van der Waals surface area contributed by atoms with Crippen LogP contribution in [0.5, 0.6) is 23.0 Å². The smallest absolute Gasteiger partial charge is 0.121 e. The molecule has 0 amide bonds. The lowest BCUT2D eigenvalue weighted by Crippen LogP contribution is -2.34. The van der Waals surface area contributed by atoms with Gasteiger partial charge in [-0.3, -0.25) is 0 Å². The minimum atomic E-state index is -0.772. The Balaban J connectivity index is 1.57. The summed E-state index contributed by atoms with van der Waals surface area (Å²) in [5.74, 6) is 0.775. The first-order valence-electron chi connectivity index (χ1n) is 9.98. The monoisotopic (exact) mass is 425 g/mol. The van der Waals surface area contributed by atoms with Crippen LogP contribution in [0.2, 0.25) is 0 Å². The Bertz CT molecular complexity index is 913. The van der Waals surface area contributed by atoms with E-state index in [-0.39, 0.29) is 42.9 Å². The van der Waals surface area contributed by atoms with Crippen molar-refractivity contribution < 1.29 is 30.3 Å². The summed E-state index contributed by atoms with van der Waals surface area (Å²) in [5.41, 5.74) is 2.33. The lowest BCUT2D eigenvalue weighted by Gasteiger charge is -2.20. The molecule has 3 aromatic carbocycles. The highest BCUT2D eigenvalue weighted by atomic mass is 16.5. The second-order valence-electron chi connectivity index (χ2n) is 7.31. The van der Waals surface area contributed by atoms with Gasteiger partial charge >= 0.3 is 0 Å². The van der Waals surface area contributed by atoms with E-state index in [9.17, 15) is 25.5 Å². The number of hydrogen-bond acceptors (Lipinski definition) is 7. The first-order chi connectivity index (χ1) is 15.0. The highest BCUT2D eigenvalue weighted by Crippen LogP contribution is 2.27. The molecule has 0 aromatic heterocycles. The number of aliphatic hydroxyl groups is 2. The van der Waals surface area contributed by atoms with Crippen molar-refractivity contribution >= 4 is 0 Å². The summed E-state index contributed by atoms with van der Waals surface area (Å²) in [6, 6.07) is 18.4. The van der Waals surface area contributed by atoms with Gasteiger partial charge in [0.1, 0.15) is 35.7 Å². The van der Waals surface area contributed by atoms with Gasteiger partial charge in [0, 0.05) is 24.6 Å². The van der Waals surface area contributed by atoms with Crippen LogP contribution >= 0.6 is 0 Å². The molecule has 31 heavy (non-hydrogen) atoms. The Morgan fingerprint density at radius 1 is 0.774 bits per heavy atom. The minimum Gasteiger partial charge on any atom is -0.508 e. The fourth-order valence-corrected chi connectivity index (χ4v) is 3.27. The van der Waals surface area contributed by atoms with Crippen LogP contribution in [0.3, 0.4) is 0 Å². The van der Waals surface area contributed by atoms with Crippen molar-refractivity contribution in [2.45, 2.75) is 18.6 Å². The first-order valence-corrected chi connectivity index (χ1v) is 9.98. The zero-order chi connectivity index (χ0) is 22.2. The first kappa shape index (κ1) is 22.4. The van der Waals surface area contributed by atoms with E-state index in [2.05, 4.69) is 5.32 Å². The van der Waals surface area contributed by atoms with Crippen molar-refractivity contribution in [1.29, 1.82) is 0 Å². The molecule has 0 saturated carbocycles. The number of rotatable bonds is 10. The van der Waals surface area contributed by atoms with Crippen molar-refractivity contribution in [3.8, 4) is 23.0 Å². The molecule has 0 aliphatic carbocycles. The largest absolute Gasteiger partial charge is 0.508 e. The standard InChI is InChI=1S/C24H27NO6/c26-14-18-11-22(9-10-24(18)30)31-15-21(29)12-25-13-23(16-1-5-19(27)6-2-16)17-3-7-20(28)8-4-17/h1-11,21,23,25-30H,12-15H2/t21-/m0/s1. The maximum Gasteiger partial charge on any atom is 0.121 e. The quantitative estimate of drug-likeness (QED) is 0.295. The number of ether oxygens (including phenoxy) is 1. The number of aromatic hydroxyl groups is 3. The summed E-state index contributed by atoms with van der Waals surface area (Å²) >= 11 is 0. The van der Waals surface area contributed by atoms with Gasteiger partial charge in [0.2, 0.25) is 0 Å². The van der Waals surface area contributed by atoms with Gasteiger partial charge in [0.25, 0.3) is 0 Å². The normalized spacial score (nSPS) is 12.1. The number of benzene rings is 3. The van der Waals surface area contributed by atoms with Crippen LogP contribution in [0.25, 0.3) is 0 Å². The fraction of sp³-hybridized carbons (Fsp3) is 0.250. The molecule has 0 saturated heterocycles. The second kappa shape index (κ2) is 10.7. The summed E-state index contributed by atoms with van der Waals surface area (Å²) in [6.45, 7) is 0.562. The summed E-state index contributed by atoms with van der Waals surface area (Å²) in [7, 11) is 0. The molecule has 1 atom stereocenters. The summed E-state index contributed by atoms with van der Waals surface area (Å²) in [6.07, 6.45) is -0.772. The molecule has 3 rings (SSSR count). The predicted molar refractivity (Wildman–Crippen MR) is 116 cm³/mol. The number of aliphatic hydroxyl groups excluding tert-OH is 2. The molecule has 0 fully saturated rings. The van der Waals surface area contributed by atoms with E-state index in [1.54, 1.807) is 30.3 Å². The third-order valence-corrected chi connectivity index (χ3v) is 4.98. The Labute approximate surface area is 180 Å². The third-order valence-electron chi connectivity index (χ3n) is 4.98. The average Bonchev–Trinajstić information content (AvgIpc) is 2.78. The second-order valence-corrected chi connectivity index (χ2v) is 7.31. The van der Waals surface area contributed by atoms with E-state index in [4.69, 9.17) is 4.74 Å². The van der Waals surface area contributed by atoms with Gasteiger partial charge in [-0.2, -0.15) is 0 Å². The number of hydrogen-bond donors (Lipinski definition) is 6. The van der Waals surface area contributed by atoms with Crippen LogP contribution in [0, 0.1) is 0 Å². The van der Waals surface area contributed by atoms with Gasteiger partial charge in [0.05, 0.1) is 6.61 Å². The molecule has 0 heterocycles. The van der Waals surface area contributed by atoms with Crippen LogP contribution < -0.4 is 10.1 Å². The Kier molecular flexibility index (Phi) is 7.72. The van der Waals surface area contributed by atoms with Gasteiger partial charge in [0.15, 0.2) is 0 Å². The molecule has 7 nitrogen and oxygen atoms in total. The Morgan fingerprint density at radius 2 is 1.35 bits per heavy atom. The van der Waals surface area contributed by atoms with Crippen LogP contribution in [-0.2, 0) is 6.61 Å². The van der Waals surface area contributed by atoms with Crippen LogP contribution in [0.1, 0.15) is 22.6 Å². The number of phenols is 3. The molecule has 6 N–H and O–H groups in total. The zero-order valence-electron chi connectivity index (χ0n) is 17.0. The highest BCUT2D eigenvalue weighted by molar-refractivity contribution is 5.39. The van der Waals surface area contributed by atoms with Crippen LogP contribution in [0.15, 0.2) is 66.7 Å². The number of nitrogens with one attached hydrogen (secondary N) is 1. The van der Waals surface area contributed by atoms with Crippen molar-refractivity contribution in [3.05, 3.63) is 83.4 Å². The van der Waals surface area contributed by atoms with E-state index in [1.165, 1.54) is 12.1 Å². The fourth-order valence-electron chi connectivity index (χ4n) is 3.27. The average molecular weight is 425 g/mol. The predicted octanol–water partition coefficient (Wildman–Crippen LogP) is 2.46. The lowest BCUT2D eigenvalue weighted by atomic mass is 9.91. The minimum absolute atomic E-state index is 0.00781. The molecular formula is C24H27NO6. The molecule has 164 valence electrons. The van der Waals surface area contributed by atoms with Crippen molar-refractivity contribution in [3.63, 3.8) is 0 Å². The van der Waals surface area contributed by atoms with Crippen molar-refractivity contribution in [2.75, 3.05) is 19.7 Å². The van der Waals surface area contributed by atoms with Crippen molar-refractivity contribution in [2.24, 2.45) is 0 Å². The van der Waals surface area contributed by atoms with Crippen LogP contribution in [-0.4, -0.2) is 51.3 Å². The highest BCUT2D eigenvalue weighted by Gasteiger charge is 2.15. The van der Waals surface area contributed by atoms with Gasteiger partial charge in [-0.15, -0.1) is 0 Å². The Hall–Kier alpha value is -3.26. The maximum atomic E-state index is 10.3. The number of phenolic OH excluding ortho intramolecular Hbond substituents is 2. The SMILES string of the molecule is OCc1cc(OC[C@@H](O)CNCC(c2ccc(O)cc2)c2ccc(O)cc2)ccc1O. The maximum absolute atomic E-state index is 10.3. The van der Waals surface area contributed by atoms with Gasteiger partial charge < -0.3 is 35.6 Å². The molecular weight excluding hydrogens is 398 g/mol. The molecule has 3 aromatic rings. The van der Waals surface area contributed by atoms with E-state index >= 15 is 0 Å². The summed E-state index contributed by atoms with van der Waals surface area (Å²) in [4.78, 5) is 0. The Morgan fingerprint density at radius 3 is 1.90 bits per heavy atom. The lowest BCUT2D eigenvalue weighted by molar-refractivity contribution is 0.106. The van der Waals surface area contributed by atoms with Gasteiger partial charge in [-0.05, 0) is 53.6 Å². The van der Waals surface area contributed by atoms with Gasteiger partial charge in [-0.1, -0.05) is 24.3 Å². The molecule has 0 radical (unpaired) electrons. The molecule has 0 aliphatic rings. The summed E-state index contributed by atoms with van der Waals surface area (Å²) < 4.78 is 5.55. The van der Waals surface area contributed by atoms with Crippen molar-refractivity contribution in [1.82, 2.24) is 5.32 Å². The van der Waals surface area contributed by atoms with E-state index in [0.29, 0.717) is 17.9 Å². The van der Waals surface area contributed by atoms with E-state index < -0.39 is 6.10 Å². The molecule has 0 bridgehead atoms. The van der Waals surface area contributed by atoms with Crippen LogP contribution in [0.4, 0.5) is 0 Å². The molecule has 0 aliphatic heterocycles. The summed E-state index contributed by atoms with van der Waals surface area (Å²) in [5, 5.41) is 51.5. The molecule has 7 heteroatoms. The molecule has 0 unspecified atom stereocenters. The third kappa shape index (κ3) is 6.36. The van der Waals surface area contributed by atoms with E-state index in [0.717, 1.165) is 11.1 Å². The topological polar surface area (TPSA) is 122 Å².